The Labute approximate surface area is 98.4 Å². The third-order valence-corrected chi connectivity index (χ3v) is 4.00. The number of hydrogen-bond acceptors (Lipinski definition) is 4. The first kappa shape index (κ1) is 11.5. The Bertz CT molecular complexity index is 358. The summed E-state index contributed by atoms with van der Waals surface area (Å²) in [6.07, 6.45) is 6.06. The summed E-state index contributed by atoms with van der Waals surface area (Å²) in [5.74, 6) is 1.46. The SMILES string of the molecule is O=C(O)Cc1cnc(CC2CCCCS2)o1. The number of carboxylic acid groups (broad SMARTS) is 1. The summed E-state index contributed by atoms with van der Waals surface area (Å²) in [6, 6.07) is 0. The molecule has 0 bridgehead atoms. The molecule has 1 aromatic heterocycles. The molecule has 0 aromatic carbocycles. The summed E-state index contributed by atoms with van der Waals surface area (Å²) < 4.78 is 5.39. The second kappa shape index (κ2) is 5.39. The van der Waals surface area contributed by atoms with Crippen molar-refractivity contribution in [3.8, 4) is 0 Å². The smallest absolute Gasteiger partial charge is 0.311 e. The van der Waals surface area contributed by atoms with Crippen molar-refractivity contribution in [1.29, 1.82) is 0 Å². The van der Waals surface area contributed by atoms with E-state index in [4.69, 9.17) is 9.52 Å². The van der Waals surface area contributed by atoms with Crippen LogP contribution in [-0.2, 0) is 17.6 Å². The molecule has 1 atom stereocenters. The van der Waals surface area contributed by atoms with Crippen LogP contribution in [0.2, 0.25) is 0 Å². The molecule has 1 aromatic rings. The summed E-state index contributed by atoms with van der Waals surface area (Å²) in [4.78, 5) is 14.6. The van der Waals surface area contributed by atoms with Crippen molar-refractivity contribution in [2.24, 2.45) is 0 Å². The van der Waals surface area contributed by atoms with Gasteiger partial charge in [-0.15, -0.1) is 0 Å². The van der Waals surface area contributed by atoms with Gasteiger partial charge in [0.05, 0.1) is 6.20 Å². The molecule has 1 aliphatic heterocycles. The molecule has 4 nitrogen and oxygen atoms in total. The van der Waals surface area contributed by atoms with Crippen LogP contribution in [0.3, 0.4) is 0 Å². The molecular formula is C11H15NO3S. The van der Waals surface area contributed by atoms with E-state index in [1.165, 1.54) is 31.2 Å². The van der Waals surface area contributed by atoms with E-state index in [0.29, 0.717) is 16.9 Å². The first-order chi connectivity index (χ1) is 7.74. The van der Waals surface area contributed by atoms with E-state index < -0.39 is 5.97 Å². The topological polar surface area (TPSA) is 63.3 Å². The highest BCUT2D eigenvalue weighted by Crippen LogP contribution is 2.27. The summed E-state index contributed by atoms with van der Waals surface area (Å²) >= 11 is 1.96. The quantitative estimate of drug-likeness (QED) is 0.874. The fraction of sp³-hybridized carbons (Fsp3) is 0.636. The fourth-order valence-corrected chi connectivity index (χ4v) is 3.13. The van der Waals surface area contributed by atoms with Crippen molar-refractivity contribution in [3.63, 3.8) is 0 Å². The van der Waals surface area contributed by atoms with Crippen LogP contribution in [-0.4, -0.2) is 27.1 Å². The monoisotopic (exact) mass is 241 g/mol. The van der Waals surface area contributed by atoms with Crippen LogP contribution in [0.25, 0.3) is 0 Å². The zero-order valence-corrected chi connectivity index (χ0v) is 9.83. The number of carboxylic acids is 1. The van der Waals surface area contributed by atoms with Gasteiger partial charge in [-0.05, 0) is 18.6 Å². The number of rotatable bonds is 4. The van der Waals surface area contributed by atoms with Crippen LogP contribution < -0.4 is 0 Å². The highest BCUT2D eigenvalue weighted by molar-refractivity contribution is 7.99. The maximum atomic E-state index is 10.5. The van der Waals surface area contributed by atoms with Crippen molar-refractivity contribution in [3.05, 3.63) is 17.8 Å². The van der Waals surface area contributed by atoms with Crippen molar-refractivity contribution >= 4 is 17.7 Å². The minimum atomic E-state index is -0.880. The molecule has 0 saturated carbocycles. The van der Waals surface area contributed by atoms with Gasteiger partial charge < -0.3 is 9.52 Å². The van der Waals surface area contributed by atoms with E-state index in [1.54, 1.807) is 0 Å². The molecule has 1 N–H and O–H groups in total. The summed E-state index contributed by atoms with van der Waals surface area (Å²) in [5.41, 5.74) is 0. The summed E-state index contributed by atoms with van der Waals surface area (Å²) in [5, 5.41) is 9.19. The van der Waals surface area contributed by atoms with Crippen molar-refractivity contribution in [1.82, 2.24) is 4.98 Å². The van der Waals surface area contributed by atoms with Crippen LogP contribution in [0.4, 0.5) is 0 Å². The Morgan fingerprint density at radius 1 is 1.62 bits per heavy atom. The van der Waals surface area contributed by atoms with Gasteiger partial charge >= 0.3 is 5.97 Å². The average Bonchev–Trinajstić information content (AvgIpc) is 2.66. The molecule has 0 radical (unpaired) electrons. The first-order valence-corrected chi connectivity index (χ1v) is 6.56. The zero-order valence-electron chi connectivity index (χ0n) is 9.02. The van der Waals surface area contributed by atoms with Gasteiger partial charge in [0.1, 0.15) is 12.2 Å². The molecular weight excluding hydrogens is 226 g/mol. The minimum absolute atomic E-state index is 0.0786. The van der Waals surface area contributed by atoms with Crippen molar-refractivity contribution in [2.75, 3.05) is 5.75 Å². The third-order valence-electron chi connectivity index (χ3n) is 2.60. The summed E-state index contributed by atoms with van der Waals surface area (Å²) in [7, 11) is 0. The van der Waals surface area contributed by atoms with Crippen molar-refractivity contribution in [2.45, 2.75) is 37.4 Å². The van der Waals surface area contributed by atoms with Crippen LogP contribution in [0.1, 0.15) is 30.9 Å². The molecule has 88 valence electrons. The number of nitrogens with zero attached hydrogens (tertiary/aromatic N) is 1. The Morgan fingerprint density at radius 2 is 2.50 bits per heavy atom. The Hall–Kier alpha value is -0.970. The van der Waals surface area contributed by atoms with Crippen LogP contribution in [0.5, 0.6) is 0 Å². The lowest BCUT2D eigenvalue weighted by molar-refractivity contribution is -0.136. The van der Waals surface area contributed by atoms with Gasteiger partial charge in [0.15, 0.2) is 5.89 Å². The van der Waals surface area contributed by atoms with Gasteiger partial charge in [-0.3, -0.25) is 4.79 Å². The molecule has 2 heterocycles. The van der Waals surface area contributed by atoms with E-state index in [0.717, 1.165) is 6.42 Å². The van der Waals surface area contributed by atoms with E-state index in [9.17, 15) is 4.79 Å². The van der Waals surface area contributed by atoms with E-state index >= 15 is 0 Å². The van der Waals surface area contributed by atoms with Crippen LogP contribution >= 0.6 is 11.8 Å². The Kier molecular flexibility index (Phi) is 3.88. The van der Waals surface area contributed by atoms with Gasteiger partial charge in [0.25, 0.3) is 0 Å². The van der Waals surface area contributed by atoms with Gasteiger partial charge in [-0.1, -0.05) is 6.42 Å². The van der Waals surface area contributed by atoms with Gasteiger partial charge in [0, 0.05) is 11.7 Å². The fourth-order valence-electron chi connectivity index (χ4n) is 1.84. The second-order valence-corrected chi connectivity index (χ2v) is 5.39. The number of hydrogen-bond donors (Lipinski definition) is 1. The van der Waals surface area contributed by atoms with E-state index in [-0.39, 0.29) is 6.42 Å². The van der Waals surface area contributed by atoms with Crippen molar-refractivity contribution < 1.29 is 14.3 Å². The standard InChI is InChI=1S/C11H15NO3S/c13-11(14)5-8-7-12-10(15-8)6-9-3-1-2-4-16-9/h7,9H,1-6H2,(H,13,14). The number of carbonyl (C=O) groups is 1. The highest BCUT2D eigenvalue weighted by atomic mass is 32.2. The molecule has 1 aliphatic rings. The third kappa shape index (κ3) is 3.27. The normalized spacial score (nSPS) is 20.9. The molecule has 1 unspecified atom stereocenters. The molecule has 2 rings (SSSR count). The van der Waals surface area contributed by atoms with Gasteiger partial charge in [-0.25, -0.2) is 4.98 Å². The zero-order chi connectivity index (χ0) is 11.4. The number of oxazole rings is 1. The lowest BCUT2D eigenvalue weighted by Gasteiger charge is -2.19. The number of aromatic nitrogens is 1. The van der Waals surface area contributed by atoms with Gasteiger partial charge in [0.2, 0.25) is 0 Å². The summed E-state index contributed by atoms with van der Waals surface area (Å²) in [6.45, 7) is 0. The Balaban J connectivity index is 1.88. The maximum absolute atomic E-state index is 10.5. The molecule has 16 heavy (non-hydrogen) atoms. The van der Waals surface area contributed by atoms with E-state index in [2.05, 4.69) is 4.98 Å². The maximum Gasteiger partial charge on any atom is 0.311 e. The number of aliphatic carboxylic acids is 1. The van der Waals surface area contributed by atoms with Crippen LogP contribution in [0.15, 0.2) is 10.6 Å². The molecule has 0 spiro atoms. The average molecular weight is 241 g/mol. The molecule has 0 amide bonds. The second-order valence-electron chi connectivity index (χ2n) is 3.98. The van der Waals surface area contributed by atoms with Gasteiger partial charge in [-0.2, -0.15) is 11.8 Å². The molecule has 5 heteroatoms. The lowest BCUT2D eigenvalue weighted by Crippen LogP contribution is -2.12. The predicted molar refractivity (Wildman–Crippen MR) is 61.6 cm³/mol. The number of thioether (sulfide) groups is 1. The Morgan fingerprint density at radius 3 is 3.19 bits per heavy atom. The molecule has 1 saturated heterocycles. The van der Waals surface area contributed by atoms with E-state index in [1.807, 2.05) is 11.8 Å². The largest absolute Gasteiger partial charge is 0.481 e. The predicted octanol–water partition coefficient (Wildman–Crippen LogP) is 2.13. The lowest BCUT2D eigenvalue weighted by atomic mass is 10.1. The molecule has 1 fully saturated rings. The first-order valence-electron chi connectivity index (χ1n) is 5.51. The minimum Gasteiger partial charge on any atom is -0.481 e. The highest BCUT2D eigenvalue weighted by Gasteiger charge is 2.17. The molecule has 0 aliphatic carbocycles. The van der Waals surface area contributed by atoms with Crippen LogP contribution in [0, 0.1) is 0 Å².